The van der Waals surface area contributed by atoms with Crippen LogP contribution in [0, 0.1) is 0 Å². The molecule has 0 saturated heterocycles. The molecule has 0 spiro atoms. The highest BCUT2D eigenvalue weighted by Crippen LogP contribution is 2.24. The van der Waals surface area contributed by atoms with Gasteiger partial charge >= 0.3 is 6.36 Å². The van der Waals surface area contributed by atoms with Gasteiger partial charge in [-0.05, 0) is 35.4 Å². The zero-order valence-electron chi connectivity index (χ0n) is 12.9. The van der Waals surface area contributed by atoms with Gasteiger partial charge in [-0.3, -0.25) is 4.79 Å². The molecular formula is C17H15BrF3NO3. The van der Waals surface area contributed by atoms with E-state index in [0.717, 1.165) is 22.2 Å². The zero-order chi connectivity index (χ0) is 18.4. The molecule has 2 aromatic rings. The minimum atomic E-state index is -4.76. The van der Waals surface area contributed by atoms with Gasteiger partial charge in [-0.15, -0.1) is 13.2 Å². The van der Waals surface area contributed by atoms with Gasteiger partial charge in [0.2, 0.25) is 5.91 Å². The van der Waals surface area contributed by atoms with Gasteiger partial charge in [-0.2, -0.15) is 0 Å². The van der Waals surface area contributed by atoms with Gasteiger partial charge in [-0.1, -0.05) is 40.2 Å². The Morgan fingerprint density at radius 3 is 2.28 bits per heavy atom. The van der Waals surface area contributed by atoms with Crippen LogP contribution in [0.5, 0.6) is 5.75 Å². The molecule has 1 unspecified atom stereocenters. The van der Waals surface area contributed by atoms with Crippen molar-refractivity contribution in [1.82, 2.24) is 5.32 Å². The van der Waals surface area contributed by atoms with E-state index in [-0.39, 0.29) is 24.6 Å². The Morgan fingerprint density at radius 2 is 1.72 bits per heavy atom. The molecule has 134 valence electrons. The molecule has 1 amide bonds. The SMILES string of the molecule is O=C(Cc1ccc(Br)cc1)NCC(O)c1ccc(OC(F)(F)F)cc1. The van der Waals surface area contributed by atoms with Gasteiger partial charge in [0.05, 0.1) is 12.5 Å². The number of aliphatic hydroxyl groups excluding tert-OH is 1. The number of alkyl halides is 3. The fourth-order valence-electron chi connectivity index (χ4n) is 2.07. The smallest absolute Gasteiger partial charge is 0.406 e. The summed E-state index contributed by atoms with van der Waals surface area (Å²) in [6.07, 6.45) is -5.63. The van der Waals surface area contributed by atoms with Gasteiger partial charge < -0.3 is 15.2 Å². The number of rotatable bonds is 6. The largest absolute Gasteiger partial charge is 0.573 e. The number of hydrogen-bond donors (Lipinski definition) is 2. The maximum absolute atomic E-state index is 12.1. The second-order valence-electron chi connectivity index (χ2n) is 5.24. The van der Waals surface area contributed by atoms with Crippen LogP contribution in [-0.2, 0) is 11.2 Å². The lowest BCUT2D eigenvalue weighted by Gasteiger charge is -2.14. The molecule has 2 N–H and O–H groups in total. The Balaban J connectivity index is 1.83. The van der Waals surface area contributed by atoms with Gasteiger partial charge in [0, 0.05) is 11.0 Å². The van der Waals surface area contributed by atoms with Crippen molar-refractivity contribution in [2.45, 2.75) is 18.9 Å². The Labute approximate surface area is 150 Å². The molecule has 0 aliphatic carbocycles. The number of amides is 1. The van der Waals surface area contributed by atoms with Crippen LogP contribution in [0.4, 0.5) is 13.2 Å². The van der Waals surface area contributed by atoms with E-state index in [2.05, 4.69) is 26.0 Å². The lowest BCUT2D eigenvalue weighted by Crippen LogP contribution is -2.29. The van der Waals surface area contributed by atoms with Crippen molar-refractivity contribution in [1.29, 1.82) is 0 Å². The quantitative estimate of drug-likeness (QED) is 0.752. The van der Waals surface area contributed by atoms with E-state index < -0.39 is 12.5 Å². The zero-order valence-corrected chi connectivity index (χ0v) is 14.5. The minimum Gasteiger partial charge on any atom is -0.406 e. The normalized spacial score (nSPS) is 12.5. The number of aliphatic hydroxyl groups is 1. The van der Waals surface area contributed by atoms with Crippen molar-refractivity contribution in [3.05, 3.63) is 64.1 Å². The van der Waals surface area contributed by atoms with Gasteiger partial charge in [0.15, 0.2) is 0 Å². The first kappa shape index (κ1) is 19.3. The summed E-state index contributed by atoms with van der Waals surface area (Å²) in [6, 6.07) is 12.1. The Hall–Kier alpha value is -2.06. The lowest BCUT2D eigenvalue weighted by molar-refractivity contribution is -0.274. The van der Waals surface area contributed by atoms with Crippen molar-refractivity contribution in [2.75, 3.05) is 6.54 Å². The van der Waals surface area contributed by atoms with Gasteiger partial charge in [0.1, 0.15) is 5.75 Å². The first-order chi connectivity index (χ1) is 11.7. The molecule has 0 heterocycles. The van der Waals surface area contributed by atoms with E-state index in [4.69, 9.17) is 0 Å². The van der Waals surface area contributed by atoms with Crippen molar-refractivity contribution in [3.8, 4) is 5.75 Å². The van der Waals surface area contributed by atoms with Crippen LogP contribution in [0.2, 0.25) is 0 Å². The number of halogens is 4. The maximum Gasteiger partial charge on any atom is 0.573 e. The van der Waals surface area contributed by atoms with Crippen molar-refractivity contribution in [3.63, 3.8) is 0 Å². The molecule has 0 bridgehead atoms. The molecule has 25 heavy (non-hydrogen) atoms. The van der Waals surface area contributed by atoms with Crippen LogP contribution in [0.15, 0.2) is 53.0 Å². The first-order valence-corrected chi connectivity index (χ1v) is 8.07. The third-order valence-corrected chi connectivity index (χ3v) is 3.80. The van der Waals surface area contributed by atoms with Crippen molar-refractivity contribution >= 4 is 21.8 Å². The second-order valence-corrected chi connectivity index (χ2v) is 6.16. The first-order valence-electron chi connectivity index (χ1n) is 7.28. The molecule has 0 aliphatic heterocycles. The molecule has 0 aliphatic rings. The van der Waals surface area contributed by atoms with E-state index in [0.29, 0.717) is 5.56 Å². The van der Waals surface area contributed by atoms with Crippen LogP contribution >= 0.6 is 15.9 Å². The topological polar surface area (TPSA) is 58.6 Å². The number of nitrogens with one attached hydrogen (secondary N) is 1. The minimum absolute atomic E-state index is 0.0468. The molecule has 2 rings (SSSR count). The highest BCUT2D eigenvalue weighted by molar-refractivity contribution is 9.10. The monoisotopic (exact) mass is 417 g/mol. The Morgan fingerprint density at radius 1 is 1.12 bits per heavy atom. The van der Waals surface area contributed by atoms with Gasteiger partial charge in [0.25, 0.3) is 0 Å². The predicted molar refractivity (Wildman–Crippen MR) is 88.9 cm³/mol. The predicted octanol–water partition coefficient (Wildman–Crippen LogP) is 3.74. The summed E-state index contributed by atoms with van der Waals surface area (Å²) in [7, 11) is 0. The second kappa shape index (κ2) is 8.35. The third-order valence-electron chi connectivity index (χ3n) is 3.27. The van der Waals surface area contributed by atoms with Crippen LogP contribution < -0.4 is 10.1 Å². The summed E-state index contributed by atoms with van der Waals surface area (Å²) in [5.74, 6) is -0.638. The molecular weight excluding hydrogens is 403 g/mol. The van der Waals surface area contributed by atoms with E-state index >= 15 is 0 Å². The molecule has 0 saturated carbocycles. The number of carbonyl (C=O) groups is 1. The molecule has 8 heteroatoms. The number of benzene rings is 2. The van der Waals surface area contributed by atoms with Crippen LogP contribution in [-0.4, -0.2) is 23.9 Å². The van der Waals surface area contributed by atoms with Crippen LogP contribution in [0.25, 0.3) is 0 Å². The van der Waals surface area contributed by atoms with Crippen LogP contribution in [0.3, 0.4) is 0 Å². The fraction of sp³-hybridized carbons (Fsp3) is 0.235. The average molecular weight is 418 g/mol. The highest BCUT2D eigenvalue weighted by atomic mass is 79.9. The molecule has 0 aromatic heterocycles. The summed E-state index contributed by atoms with van der Waals surface area (Å²) in [5.41, 5.74) is 1.20. The third kappa shape index (κ3) is 6.75. The highest BCUT2D eigenvalue weighted by Gasteiger charge is 2.31. The average Bonchev–Trinajstić information content (AvgIpc) is 2.54. The number of hydrogen-bond acceptors (Lipinski definition) is 3. The standard InChI is InChI=1S/C17H15BrF3NO3/c18-13-5-1-11(2-6-13)9-16(24)22-10-15(23)12-3-7-14(8-4-12)25-17(19,20)21/h1-8,15,23H,9-10H2,(H,22,24). The van der Waals surface area contributed by atoms with Gasteiger partial charge in [-0.25, -0.2) is 0 Å². The van der Waals surface area contributed by atoms with E-state index in [1.165, 1.54) is 12.1 Å². The number of carbonyl (C=O) groups excluding carboxylic acids is 1. The Bertz CT molecular complexity index is 703. The van der Waals surface area contributed by atoms with Crippen molar-refractivity contribution < 1.29 is 27.8 Å². The summed E-state index contributed by atoms with van der Waals surface area (Å²) in [5, 5.41) is 12.6. The van der Waals surface area contributed by atoms with Crippen LogP contribution in [0.1, 0.15) is 17.2 Å². The summed E-state index contributed by atoms with van der Waals surface area (Å²) >= 11 is 3.30. The summed E-state index contributed by atoms with van der Waals surface area (Å²) in [6.45, 7) is -0.0468. The maximum atomic E-state index is 12.1. The molecule has 4 nitrogen and oxygen atoms in total. The fourth-order valence-corrected chi connectivity index (χ4v) is 2.33. The van der Waals surface area contributed by atoms with E-state index in [1.807, 2.05) is 12.1 Å². The van der Waals surface area contributed by atoms with E-state index in [1.54, 1.807) is 12.1 Å². The molecule has 2 aromatic carbocycles. The lowest BCUT2D eigenvalue weighted by atomic mass is 10.1. The molecule has 1 atom stereocenters. The summed E-state index contributed by atoms with van der Waals surface area (Å²) < 4.78 is 40.9. The van der Waals surface area contributed by atoms with Crippen molar-refractivity contribution in [2.24, 2.45) is 0 Å². The summed E-state index contributed by atoms with van der Waals surface area (Å²) in [4.78, 5) is 11.9. The molecule has 0 radical (unpaired) electrons. The number of ether oxygens (including phenoxy) is 1. The Kier molecular flexibility index (Phi) is 6.44. The van der Waals surface area contributed by atoms with E-state index in [9.17, 15) is 23.1 Å². The molecule has 0 fully saturated rings.